The molecule has 1 unspecified atom stereocenters. The molecule has 0 bridgehead atoms. The van der Waals surface area contributed by atoms with Gasteiger partial charge in [0.2, 0.25) is 0 Å². The minimum Gasteiger partial charge on any atom is -0.313 e. The minimum atomic E-state index is 0.712. The number of piperidine rings is 1. The second-order valence-electron chi connectivity index (χ2n) is 3.66. The molecule has 0 aromatic rings. The zero-order valence-electron chi connectivity index (χ0n) is 8.05. The zero-order valence-corrected chi connectivity index (χ0v) is 8.05. The third-order valence-corrected chi connectivity index (χ3v) is 2.39. The van der Waals surface area contributed by atoms with Crippen molar-refractivity contribution in [2.75, 3.05) is 26.7 Å². The molecule has 0 aliphatic carbocycles. The van der Waals surface area contributed by atoms with E-state index in [1.807, 2.05) is 6.08 Å². The molecule has 1 rings (SSSR count). The molecule has 1 atom stereocenters. The Balaban J connectivity index is 2.15. The lowest BCUT2D eigenvalue weighted by molar-refractivity contribution is 0.280. The highest BCUT2D eigenvalue weighted by Gasteiger charge is 2.13. The quantitative estimate of drug-likeness (QED) is 0.635. The Bertz CT molecular complexity index is 128. The van der Waals surface area contributed by atoms with Crippen molar-refractivity contribution in [3.63, 3.8) is 0 Å². The number of nitrogens with zero attached hydrogens (tertiary/aromatic N) is 1. The molecule has 0 aromatic carbocycles. The van der Waals surface area contributed by atoms with Crippen LogP contribution in [0.25, 0.3) is 0 Å². The van der Waals surface area contributed by atoms with Gasteiger partial charge in [-0.1, -0.05) is 12.5 Å². The summed E-state index contributed by atoms with van der Waals surface area (Å²) < 4.78 is 0. The Morgan fingerprint density at radius 3 is 3.00 bits per heavy atom. The second-order valence-corrected chi connectivity index (χ2v) is 3.66. The lowest BCUT2D eigenvalue weighted by Crippen LogP contribution is -2.42. The highest BCUT2D eigenvalue weighted by Crippen LogP contribution is 2.07. The molecular formula is C10H20N2. The van der Waals surface area contributed by atoms with Gasteiger partial charge in [0.1, 0.15) is 0 Å². The number of hydrogen-bond donors (Lipinski definition) is 1. The van der Waals surface area contributed by atoms with Crippen molar-refractivity contribution >= 4 is 0 Å². The van der Waals surface area contributed by atoms with E-state index in [4.69, 9.17) is 0 Å². The molecule has 0 radical (unpaired) electrons. The van der Waals surface area contributed by atoms with Crippen molar-refractivity contribution in [1.82, 2.24) is 10.2 Å². The Labute approximate surface area is 75.6 Å². The average Bonchev–Trinajstić information content (AvgIpc) is 2.06. The highest BCUT2D eigenvalue weighted by molar-refractivity contribution is 4.78. The molecule has 2 nitrogen and oxygen atoms in total. The average molecular weight is 168 g/mol. The molecule has 1 aliphatic heterocycles. The van der Waals surface area contributed by atoms with Gasteiger partial charge in [0.15, 0.2) is 0 Å². The number of likely N-dealkylation sites (N-methyl/N-ethyl adjacent to an activating group) is 1. The lowest BCUT2D eigenvalue weighted by Gasteiger charge is -2.27. The van der Waals surface area contributed by atoms with Crippen molar-refractivity contribution < 1.29 is 0 Å². The van der Waals surface area contributed by atoms with Gasteiger partial charge in [-0.25, -0.2) is 0 Å². The van der Waals surface area contributed by atoms with Gasteiger partial charge in [-0.3, -0.25) is 0 Å². The van der Waals surface area contributed by atoms with Gasteiger partial charge in [0, 0.05) is 19.1 Å². The molecule has 2 heteroatoms. The van der Waals surface area contributed by atoms with E-state index < -0.39 is 0 Å². The number of rotatable bonds is 4. The first-order valence-electron chi connectivity index (χ1n) is 4.85. The molecule has 0 amide bonds. The fourth-order valence-electron chi connectivity index (χ4n) is 1.75. The van der Waals surface area contributed by atoms with Crippen LogP contribution in [0.2, 0.25) is 0 Å². The Kier molecular flexibility index (Phi) is 4.33. The van der Waals surface area contributed by atoms with E-state index in [0.717, 1.165) is 13.1 Å². The Hall–Kier alpha value is -0.340. The van der Waals surface area contributed by atoms with E-state index >= 15 is 0 Å². The summed E-state index contributed by atoms with van der Waals surface area (Å²) in [5.41, 5.74) is 0. The molecular weight excluding hydrogens is 148 g/mol. The van der Waals surface area contributed by atoms with Crippen molar-refractivity contribution in [3.05, 3.63) is 12.7 Å². The van der Waals surface area contributed by atoms with Gasteiger partial charge in [0.05, 0.1) is 0 Å². The highest BCUT2D eigenvalue weighted by atomic mass is 15.1. The summed E-state index contributed by atoms with van der Waals surface area (Å²) >= 11 is 0. The Morgan fingerprint density at radius 2 is 2.42 bits per heavy atom. The largest absolute Gasteiger partial charge is 0.313 e. The molecule has 1 N–H and O–H groups in total. The van der Waals surface area contributed by atoms with Crippen LogP contribution in [0.3, 0.4) is 0 Å². The maximum atomic E-state index is 3.73. The lowest BCUT2D eigenvalue weighted by atomic mass is 10.0. The summed E-state index contributed by atoms with van der Waals surface area (Å²) in [7, 11) is 2.15. The fourth-order valence-corrected chi connectivity index (χ4v) is 1.75. The molecule has 70 valence electrons. The van der Waals surface area contributed by atoms with Crippen LogP contribution < -0.4 is 5.32 Å². The van der Waals surface area contributed by atoms with E-state index in [1.54, 1.807) is 0 Å². The summed E-state index contributed by atoms with van der Waals surface area (Å²) in [6, 6.07) is 0.712. The molecule has 1 heterocycles. The third kappa shape index (κ3) is 3.37. The molecule has 0 spiro atoms. The van der Waals surface area contributed by atoms with Crippen LogP contribution >= 0.6 is 0 Å². The van der Waals surface area contributed by atoms with Crippen molar-refractivity contribution in [2.45, 2.75) is 25.3 Å². The maximum Gasteiger partial charge on any atom is 0.0195 e. The smallest absolute Gasteiger partial charge is 0.0195 e. The maximum absolute atomic E-state index is 3.73. The summed E-state index contributed by atoms with van der Waals surface area (Å²) in [6.45, 7) is 7.09. The van der Waals surface area contributed by atoms with Crippen LogP contribution in [0.15, 0.2) is 12.7 Å². The first-order valence-corrected chi connectivity index (χ1v) is 4.85. The van der Waals surface area contributed by atoms with Gasteiger partial charge in [-0.05, 0) is 26.4 Å². The van der Waals surface area contributed by atoms with Crippen LogP contribution in [0.1, 0.15) is 19.3 Å². The number of hydrogen-bond acceptors (Lipinski definition) is 2. The molecule has 1 saturated heterocycles. The summed E-state index contributed by atoms with van der Waals surface area (Å²) in [5, 5.41) is 3.53. The van der Waals surface area contributed by atoms with E-state index in [9.17, 15) is 0 Å². The SMILES string of the molecule is C=CCN(C)CC1CCCCN1. The molecule has 0 aromatic heterocycles. The minimum absolute atomic E-state index is 0.712. The van der Waals surface area contributed by atoms with Crippen LogP contribution in [0.5, 0.6) is 0 Å². The molecule has 1 aliphatic rings. The predicted octanol–water partition coefficient (Wildman–Crippen LogP) is 1.25. The van der Waals surface area contributed by atoms with Crippen LogP contribution in [-0.2, 0) is 0 Å². The normalized spacial score (nSPS) is 24.3. The first kappa shape index (κ1) is 9.75. The topological polar surface area (TPSA) is 15.3 Å². The van der Waals surface area contributed by atoms with Gasteiger partial charge in [-0.15, -0.1) is 6.58 Å². The van der Waals surface area contributed by atoms with E-state index in [2.05, 4.69) is 23.8 Å². The second kappa shape index (κ2) is 5.33. The van der Waals surface area contributed by atoms with E-state index in [1.165, 1.54) is 25.8 Å². The zero-order chi connectivity index (χ0) is 8.81. The number of nitrogens with one attached hydrogen (secondary N) is 1. The van der Waals surface area contributed by atoms with Crippen LogP contribution in [-0.4, -0.2) is 37.6 Å². The monoisotopic (exact) mass is 168 g/mol. The molecule has 0 saturated carbocycles. The van der Waals surface area contributed by atoms with Gasteiger partial charge < -0.3 is 10.2 Å². The predicted molar refractivity (Wildman–Crippen MR) is 53.3 cm³/mol. The van der Waals surface area contributed by atoms with E-state index in [0.29, 0.717) is 6.04 Å². The summed E-state index contributed by atoms with van der Waals surface area (Å²) in [6.07, 6.45) is 6.03. The van der Waals surface area contributed by atoms with Crippen molar-refractivity contribution in [3.8, 4) is 0 Å². The third-order valence-electron chi connectivity index (χ3n) is 2.39. The van der Waals surface area contributed by atoms with Gasteiger partial charge in [0.25, 0.3) is 0 Å². The fraction of sp³-hybridized carbons (Fsp3) is 0.800. The van der Waals surface area contributed by atoms with Crippen LogP contribution in [0, 0.1) is 0 Å². The van der Waals surface area contributed by atoms with Crippen molar-refractivity contribution in [2.24, 2.45) is 0 Å². The van der Waals surface area contributed by atoms with Crippen molar-refractivity contribution in [1.29, 1.82) is 0 Å². The Morgan fingerprint density at radius 1 is 1.58 bits per heavy atom. The van der Waals surface area contributed by atoms with Gasteiger partial charge in [-0.2, -0.15) is 0 Å². The van der Waals surface area contributed by atoms with Crippen LogP contribution in [0.4, 0.5) is 0 Å². The first-order chi connectivity index (χ1) is 5.83. The summed E-state index contributed by atoms with van der Waals surface area (Å²) in [4.78, 5) is 2.32. The van der Waals surface area contributed by atoms with Gasteiger partial charge >= 0.3 is 0 Å². The van der Waals surface area contributed by atoms with E-state index in [-0.39, 0.29) is 0 Å². The molecule has 1 fully saturated rings. The molecule has 12 heavy (non-hydrogen) atoms. The summed E-state index contributed by atoms with van der Waals surface area (Å²) in [5.74, 6) is 0. The standard InChI is InChI=1S/C10H20N2/c1-3-8-12(2)9-10-6-4-5-7-11-10/h3,10-11H,1,4-9H2,2H3.